The van der Waals surface area contributed by atoms with Crippen molar-refractivity contribution in [2.75, 3.05) is 0 Å². The Balaban J connectivity index is 2.79. The number of fused-ring (bicyclic) bond motifs is 1. The Morgan fingerprint density at radius 3 is 2.59 bits per heavy atom. The maximum absolute atomic E-state index is 11.2. The zero-order valence-corrected chi connectivity index (χ0v) is 9.43. The molecule has 0 atom stereocenters. The summed E-state index contributed by atoms with van der Waals surface area (Å²) < 4.78 is 10.3. The Kier molecular flexibility index (Phi) is 2.67. The molecule has 5 nitrogen and oxygen atoms in total. The molecule has 0 aliphatic rings. The number of hydrogen-bond acceptors (Lipinski definition) is 5. The molecule has 0 amide bonds. The molecule has 0 aliphatic heterocycles. The molecule has 0 aliphatic carbocycles. The summed E-state index contributed by atoms with van der Waals surface area (Å²) >= 11 is 0. The molecule has 0 spiro atoms. The van der Waals surface area contributed by atoms with Crippen LogP contribution in [0, 0.1) is 0 Å². The van der Waals surface area contributed by atoms with Crippen LogP contribution in [0.25, 0.3) is 11.0 Å². The van der Waals surface area contributed by atoms with E-state index < -0.39 is 17.1 Å². The van der Waals surface area contributed by atoms with Crippen LogP contribution in [-0.4, -0.2) is 16.3 Å². The molecule has 0 unspecified atom stereocenters. The molecule has 90 valence electrons. The zero-order valence-electron chi connectivity index (χ0n) is 9.43. The van der Waals surface area contributed by atoms with Crippen molar-refractivity contribution in [1.29, 1.82) is 0 Å². The normalized spacial score (nSPS) is 11.0. The molecule has 1 aromatic carbocycles. The Morgan fingerprint density at radius 1 is 1.24 bits per heavy atom. The van der Waals surface area contributed by atoms with Gasteiger partial charge in [-0.05, 0) is 26.0 Å². The largest absolute Gasteiger partial charge is 0.503 e. The van der Waals surface area contributed by atoms with Gasteiger partial charge in [-0.25, -0.2) is 4.79 Å². The first-order valence-corrected chi connectivity index (χ1v) is 5.15. The SMILES string of the molecule is CC(C)Oc1cccc2oc(=O)c(O)c(O)c12. The van der Waals surface area contributed by atoms with E-state index in [9.17, 15) is 15.0 Å². The van der Waals surface area contributed by atoms with Crippen molar-refractivity contribution < 1.29 is 19.4 Å². The molecule has 2 aromatic rings. The van der Waals surface area contributed by atoms with Crippen molar-refractivity contribution in [3.8, 4) is 17.2 Å². The van der Waals surface area contributed by atoms with E-state index in [0.717, 1.165) is 0 Å². The summed E-state index contributed by atoms with van der Waals surface area (Å²) in [6.45, 7) is 3.66. The minimum absolute atomic E-state index is 0.103. The first kappa shape index (κ1) is 11.3. The molecule has 0 saturated heterocycles. The van der Waals surface area contributed by atoms with Crippen molar-refractivity contribution in [3.05, 3.63) is 28.6 Å². The molecule has 5 heteroatoms. The third kappa shape index (κ3) is 1.91. The lowest BCUT2D eigenvalue weighted by Gasteiger charge is -2.12. The monoisotopic (exact) mass is 236 g/mol. The van der Waals surface area contributed by atoms with Gasteiger partial charge in [0.15, 0.2) is 5.75 Å². The Morgan fingerprint density at radius 2 is 1.94 bits per heavy atom. The molecular formula is C12H12O5. The van der Waals surface area contributed by atoms with E-state index in [2.05, 4.69) is 0 Å². The smallest absolute Gasteiger partial charge is 0.382 e. The van der Waals surface area contributed by atoms with Gasteiger partial charge >= 0.3 is 5.63 Å². The van der Waals surface area contributed by atoms with Gasteiger partial charge in [-0.15, -0.1) is 0 Å². The summed E-state index contributed by atoms with van der Waals surface area (Å²) in [5, 5.41) is 19.3. The molecule has 17 heavy (non-hydrogen) atoms. The van der Waals surface area contributed by atoms with Crippen LogP contribution in [0.3, 0.4) is 0 Å². The van der Waals surface area contributed by atoms with E-state index in [4.69, 9.17) is 9.15 Å². The molecule has 0 bridgehead atoms. The van der Waals surface area contributed by atoms with Crippen LogP contribution < -0.4 is 10.4 Å². The second kappa shape index (κ2) is 4.01. The van der Waals surface area contributed by atoms with Gasteiger partial charge in [0.05, 0.1) is 6.10 Å². The number of benzene rings is 1. The average molecular weight is 236 g/mol. The van der Waals surface area contributed by atoms with E-state index in [-0.39, 0.29) is 17.1 Å². The van der Waals surface area contributed by atoms with Gasteiger partial charge in [0.2, 0.25) is 5.75 Å². The fourth-order valence-corrected chi connectivity index (χ4v) is 1.54. The molecule has 2 N–H and O–H groups in total. The number of hydrogen-bond donors (Lipinski definition) is 2. The number of rotatable bonds is 2. The quantitative estimate of drug-likeness (QED) is 0.779. The Labute approximate surface area is 96.9 Å². The lowest BCUT2D eigenvalue weighted by Crippen LogP contribution is -2.06. The highest BCUT2D eigenvalue weighted by atomic mass is 16.5. The number of aromatic hydroxyl groups is 2. The van der Waals surface area contributed by atoms with E-state index in [1.807, 2.05) is 13.8 Å². The summed E-state index contributed by atoms with van der Waals surface area (Å²) in [5.41, 5.74) is -0.805. The van der Waals surface area contributed by atoms with E-state index in [1.54, 1.807) is 12.1 Å². The fourth-order valence-electron chi connectivity index (χ4n) is 1.54. The van der Waals surface area contributed by atoms with Crippen molar-refractivity contribution in [1.82, 2.24) is 0 Å². The lowest BCUT2D eigenvalue weighted by atomic mass is 10.2. The van der Waals surface area contributed by atoms with Crippen molar-refractivity contribution in [2.45, 2.75) is 20.0 Å². The van der Waals surface area contributed by atoms with Crippen molar-refractivity contribution in [3.63, 3.8) is 0 Å². The molecule has 1 heterocycles. The Hall–Kier alpha value is -2.17. The first-order valence-electron chi connectivity index (χ1n) is 5.15. The van der Waals surface area contributed by atoms with Crippen LogP contribution in [-0.2, 0) is 0 Å². The van der Waals surface area contributed by atoms with Crippen molar-refractivity contribution >= 4 is 11.0 Å². The van der Waals surface area contributed by atoms with Crippen molar-refractivity contribution in [2.24, 2.45) is 0 Å². The maximum Gasteiger partial charge on any atom is 0.382 e. The van der Waals surface area contributed by atoms with E-state index in [1.165, 1.54) is 6.07 Å². The average Bonchev–Trinajstić information content (AvgIpc) is 2.25. The van der Waals surface area contributed by atoms with Gasteiger partial charge in [-0.2, -0.15) is 0 Å². The molecule has 2 rings (SSSR count). The molecule has 0 fully saturated rings. The Bertz CT molecular complexity index is 612. The predicted molar refractivity (Wildman–Crippen MR) is 61.6 cm³/mol. The molecule has 0 radical (unpaired) electrons. The van der Waals surface area contributed by atoms with Gasteiger partial charge in [0.25, 0.3) is 0 Å². The van der Waals surface area contributed by atoms with Crippen LogP contribution in [0.5, 0.6) is 17.2 Å². The third-order valence-electron chi connectivity index (χ3n) is 2.21. The van der Waals surface area contributed by atoms with Gasteiger partial charge < -0.3 is 19.4 Å². The highest BCUT2D eigenvalue weighted by molar-refractivity contribution is 5.90. The van der Waals surface area contributed by atoms with Gasteiger partial charge in [0.1, 0.15) is 16.7 Å². The summed E-state index contributed by atoms with van der Waals surface area (Å²) in [6.07, 6.45) is -0.103. The van der Waals surface area contributed by atoms with E-state index >= 15 is 0 Å². The standard InChI is InChI=1S/C12H12O5/c1-6(2)16-7-4-3-5-8-9(7)10(13)11(14)12(15)17-8/h3-6,13-14H,1-2H3. The third-order valence-corrected chi connectivity index (χ3v) is 2.21. The zero-order chi connectivity index (χ0) is 12.6. The molecule has 1 aromatic heterocycles. The second-order valence-corrected chi connectivity index (χ2v) is 3.88. The highest BCUT2D eigenvalue weighted by Gasteiger charge is 2.17. The van der Waals surface area contributed by atoms with Crippen LogP contribution in [0.15, 0.2) is 27.4 Å². The minimum Gasteiger partial charge on any atom is -0.503 e. The van der Waals surface area contributed by atoms with Gasteiger partial charge in [0, 0.05) is 0 Å². The predicted octanol–water partition coefficient (Wildman–Crippen LogP) is 1.99. The van der Waals surface area contributed by atoms with Gasteiger partial charge in [-0.1, -0.05) is 6.07 Å². The molecule has 0 saturated carbocycles. The lowest BCUT2D eigenvalue weighted by molar-refractivity contribution is 0.244. The summed E-state index contributed by atoms with van der Waals surface area (Å²) in [4.78, 5) is 11.2. The fraction of sp³-hybridized carbons (Fsp3) is 0.250. The first-order chi connectivity index (χ1) is 8.00. The molecular weight excluding hydrogens is 224 g/mol. The van der Waals surface area contributed by atoms with Gasteiger partial charge in [-0.3, -0.25) is 0 Å². The highest BCUT2D eigenvalue weighted by Crippen LogP contribution is 2.37. The van der Waals surface area contributed by atoms with E-state index in [0.29, 0.717) is 5.75 Å². The minimum atomic E-state index is -0.975. The topological polar surface area (TPSA) is 79.9 Å². The van der Waals surface area contributed by atoms with Crippen LogP contribution >= 0.6 is 0 Å². The summed E-state index contributed by atoms with van der Waals surface area (Å²) in [7, 11) is 0. The second-order valence-electron chi connectivity index (χ2n) is 3.88. The summed E-state index contributed by atoms with van der Waals surface area (Å²) in [5.74, 6) is -0.973. The summed E-state index contributed by atoms with van der Waals surface area (Å²) in [6, 6.07) is 4.78. The number of ether oxygens (including phenoxy) is 1. The van der Waals surface area contributed by atoms with Crippen LogP contribution in [0.4, 0.5) is 0 Å². The van der Waals surface area contributed by atoms with Crippen LogP contribution in [0.1, 0.15) is 13.8 Å². The van der Waals surface area contributed by atoms with Crippen LogP contribution in [0.2, 0.25) is 0 Å². The maximum atomic E-state index is 11.2.